The van der Waals surface area contributed by atoms with E-state index in [4.69, 9.17) is 11.8 Å². The molecule has 4 aliphatic rings. The molecule has 104 valence electrons. The molecule has 0 aromatic carbocycles. The maximum absolute atomic E-state index is 6.04. The Bertz CT molecular complexity index is 444. The molecule has 0 heterocycles. The van der Waals surface area contributed by atoms with Gasteiger partial charge in [-0.25, -0.2) is 0 Å². The first kappa shape index (κ1) is 13.5. The monoisotopic (exact) mass is 328 g/mol. The van der Waals surface area contributed by atoms with Gasteiger partial charge in [0.25, 0.3) is 0 Å². The Labute approximate surface area is 129 Å². The van der Waals surface area contributed by atoms with E-state index in [1.165, 1.54) is 25.7 Å². The lowest BCUT2D eigenvalue weighted by molar-refractivity contribution is 0.692. The summed E-state index contributed by atoms with van der Waals surface area (Å²) in [6, 6.07) is 0. The highest BCUT2D eigenvalue weighted by molar-refractivity contribution is 9.00. The van der Waals surface area contributed by atoms with E-state index in [-0.39, 0.29) is 0 Å². The fourth-order valence-electron chi connectivity index (χ4n) is 4.22. The Morgan fingerprint density at radius 1 is 0.842 bits per heavy atom. The van der Waals surface area contributed by atoms with Crippen LogP contribution in [0.5, 0.6) is 0 Å². The maximum Gasteiger partial charge on any atom is 0.0548 e. The lowest BCUT2D eigenvalue weighted by Gasteiger charge is -2.28. The van der Waals surface area contributed by atoms with Crippen molar-refractivity contribution in [3.8, 4) is 0 Å². The minimum Gasteiger partial charge on any atom is -0.110 e. The molecule has 2 fully saturated rings. The normalized spacial score (nSPS) is 49.1. The molecule has 4 bridgehead atoms. The molecule has 0 aromatic rings. The van der Waals surface area contributed by atoms with Crippen LogP contribution in [-0.4, -0.2) is 17.2 Å². The van der Waals surface area contributed by atoms with Crippen molar-refractivity contribution < 1.29 is 0 Å². The maximum atomic E-state index is 6.04. The summed E-state index contributed by atoms with van der Waals surface area (Å²) in [6.45, 7) is 2.39. The van der Waals surface area contributed by atoms with Gasteiger partial charge in [0.05, 0.1) is 4.44 Å². The fraction of sp³-hybridized carbons (Fsp3) is 0.733. The van der Waals surface area contributed by atoms with Crippen molar-refractivity contribution in [1.82, 2.24) is 0 Å². The summed E-state index contributed by atoms with van der Waals surface area (Å²) >= 11 is 10.4. The molecule has 0 N–H and O–H groups in total. The van der Waals surface area contributed by atoms with Crippen LogP contribution in [-0.2, 0) is 11.8 Å². The highest BCUT2D eigenvalue weighted by Crippen LogP contribution is 2.73. The van der Waals surface area contributed by atoms with E-state index in [0.29, 0.717) is 0 Å². The van der Waals surface area contributed by atoms with Crippen molar-refractivity contribution >= 4 is 39.0 Å². The molecule has 0 saturated heterocycles. The van der Waals surface area contributed by atoms with Gasteiger partial charge in [-0.2, -0.15) is 0 Å². The molecule has 0 aromatic heterocycles. The van der Waals surface area contributed by atoms with Crippen LogP contribution >= 0.6 is 27.2 Å². The molecule has 19 heavy (non-hydrogen) atoms. The molecule has 0 nitrogen and oxygen atoms in total. The molecule has 2 saturated carbocycles. The van der Waals surface area contributed by atoms with Gasteiger partial charge in [-0.05, 0) is 56.0 Å². The summed E-state index contributed by atoms with van der Waals surface area (Å²) in [5.74, 6) is 3.46. The zero-order valence-corrected chi connectivity index (χ0v) is 14.6. The predicted molar refractivity (Wildman–Crippen MR) is 93.7 cm³/mol. The van der Waals surface area contributed by atoms with E-state index in [1.54, 1.807) is 0 Å². The minimum atomic E-state index is -1.25. The second-order valence-corrected chi connectivity index (χ2v) is 19.7. The molecule has 0 amide bonds. The van der Waals surface area contributed by atoms with Gasteiger partial charge in [0.1, 0.15) is 0 Å². The van der Waals surface area contributed by atoms with Crippen LogP contribution in [0, 0.1) is 23.7 Å². The highest BCUT2D eigenvalue weighted by Gasteiger charge is 2.41. The van der Waals surface area contributed by atoms with Crippen LogP contribution in [0.15, 0.2) is 24.3 Å². The summed E-state index contributed by atoms with van der Waals surface area (Å²) in [5.41, 5.74) is 0. The van der Waals surface area contributed by atoms with Crippen molar-refractivity contribution in [2.24, 2.45) is 23.7 Å². The molecular formula is C15H21PS3. The Balaban J connectivity index is 1.39. The molecule has 0 spiro atoms. The molecule has 6 atom stereocenters. The van der Waals surface area contributed by atoms with Crippen LogP contribution < -0.4 is 0 Å². The first-order valence-corrected chi connectivity index (χ1v) is 13.6. The molecule has 4 aliphatic carbocycles. The van der Waals surface area contributed by atoms with Crippen LogP contribution in [0.4, 0.5) is 0 Å². The third kappa shape index (κ3) is 2.65. The second kappa shape index (κ2) is 4.93. The summed E-state index contributed by atoms with van der Waals surface area (Å²) in [6.07, 6.45) is 15.4. The number of hydrogen-bond acceptors (Lipinski definition) is 3. The molecule has 6 unspecified atom stereocenters. The van der Waals surface area contributed by atoms with Crippen molar-refractivity contribution in [3.05, 3.63) is 24.3 Å². The van der Waals surface area contributed by atoms with E-state index in [1.807, 2.05) is 0 Å². The van der Waals surface area contributed by atoms with Gasteiger partial charge in [0.15, 0.2) is 0 Å². The standard InChI is InChI=1S/C15H21PS3/c1-16(17,18-14-8-10-2-4-12(14)6-10)19-15-9-11-3-5-13(15)7-11/h2-5,10-15H,6-9H2,1H3. The van der Waals surface area contributed by atoms with Crippen LogP contribution in [0.3, 0.4) is 0 Å². The fourth-order valence-corrected chi connectivity index (χ4v) is 15.6. The number of fused-ring (bicyclic) bond motifs is 4. The van der Waals surface area contributed by atoms with Gasteiger partial charge >= 0.3 is 0 Å². The van der Waals surface area contributed by atoms with Gasteiger partial charge in [-0.3, -0.25) is 0 Å². The van der Waals surface area contributed by atoms with Crippen molar-refractivity contribution in [2.75, 3.05) is 6.66 Å². The third-order valence-electron chi connectivity index (χ3n) is 5.09. The van der Waals surface area contributed by atoms with Gasteiger partial charge in [-0.1, -0.05) is 36.1 Å². The molecule has 0 aliphatic heterocycles. The van der Waals surface area contributed by atoms with Gasteiger partial charge < -0.3 is 0 Å². The minimum absolute atomic E-state index is 0.840. The lowest BCUT2D eigenvalue weighted by atomic mass is 10.1. The Morgan fingerprint density at radius 2 is 1.32 bits per heavy atom. The molecular weight excluding hydrogens is 307 g/mol. The van der Waals surface area contributed by atoms with E-state index in [0.717, 1.165) is 34.2 Å². The van der Waals surface area contributed by atoms with E-state index < -0.39 is 4.44 Å². The highest BCUT2D eigenvalue weighted by atomic mass is 33.2. The quantitative estimate of drug-likeness (QED) is 0.506. The molecule has 0 radical (unpaired) electrons. The summed E-state index contributed by atoms with van der Waals surface area (Å²) in [7, 11) is 0. The largest absolute Gasteiger partial charge is 0.110 e. The third-order valence-corrected chi connectivity index (χ3v) is 14.5. The smallest absolute Gasteiger partial charge is 0.0548 e. The average molecular weight is 329 g/mol. The Hall–Kier alpha value is 0.830. The summed E-state index contributed by atoms with van der Waals surface area (Å²) < 4.78 is -1.25. The lowest BCUT2D eigenvalue weighted by Crippen LogP contribution is -2.10. The van der Waals surface area contributed by atoms with E-state index >= 15 is 0 Å². The Kier molecular flexibility index (Phi) is 3.50. The van der Waals surface area contributed by atoms with Crippen molar-refractivity contribution in [2.45, 2.75) is 36.2 Å². The van der Waals surface area contributed by atoms with Crippen LogP contribution in [0.2, 0.25) is 0 Å². The van der Waals surface area contributed by atoms with Crippen LogP contribution in [0.1, 0.15) is 25.7 Å². The second-order valence-electron chi connectivity index (χ2n) is 6.62. The summed E-state index contributed by atoms with van der Waals surface area (Å²) in [5, 5.41) is 1.68. The average Bonchev–Trinajstić information content (AvgIpc) is 3.06. The SMILES string of the molecule is CP(=S)(SC1CC2C=CC1C2)SC1CC2C=CC1C2. The topological polar surface area (TPSA) is 0 Å². The number of rotatable bonds is 4. The van der Waals surface area contributed by atoms with Crippen molar-refractivity contribution in [3.63, 3.8) is 0 Å². The van der Waals surface area contributed by atoms with Gasteiger partial charge in [-0.15, -0.1) is 22.8 Å². The van der Waals surface area contributed by atoms with Gasteiger partial charge in [0, 0.05) is 10.5 Å². The molecule has 4 heteroatoms. The number of hydrogen-bond donors (Lipinski definition) is 0. The van der Waals surface area contributed by atoms with Crippen molar-refractivity contribution in [1.29, 1.82) is 0 Å². The number of allylic oxidation sites excluding steroid dienone is 4. The molecule has 4 rings (SSSR count). The first-order valence-electron chi connectivity index (χ1n) is 7.40. The van der Waals surface area contributed by atoms with E-state index in [9.17, 15) is 0 Å². The van der Waals surface area contributed by atoms with Crippen LogP contribution in [0.25, 0.3) is 0 Å². The summed E-state index contributed by atoms with van der Waals surface area (Å²) in [4.78, 5) is 0. The zero-order chi connectivity index (χ0) is 13.0. The first-order chi connectivity index (χ1) is 9.09. The van der Waals surface area contributed by atoms with E-state index in [2.05, 4.69) is 53.7 Å². The predicted octanol–water partition coefficient (Wildman–Crippen LogP) is 5.32. The van der Waals surface area contributed by atoms with Gasteiger partial charge in [0.2, 0.25) is 0 Å². The zero-order valence-electron chi connectivity index (χ0n) is 11.3. The Morgan fingerprint density at radius 3 is 1.63 bits per heavy atom.